The molecule has 0 spiro atoms. The quantitative estimate of drug-likeness (QED) is 0.883. The van der Waals surface area contributed by atoms with Crippen LogP contribution in [0.2, 0.25) is 0 Å². The number of carbonyl (C=O) groups excluding carboxylic acids is 1. The first-order valence-corrected chi connectivity index (χ1v) is 8.33. The number of hydrogen-bond donors (Lipinski definition) is 1. The maximum absolute atomic E-state index is 13.4. The molecule has 2 aliphatic rings. The number of aromatic nitrogens is 1. The number of aromatic carboxylic acids is 1. The summed E-state index contributed by atoms with van der Waals surface area (Å²) in [5.74, 6) is -4.17. The fraction of sp³-hybridized carbons (Fsp3) is 0.588. The molecule has 2 heterocycles. The van der Waals surface area contributed by atoms with Gasteiger partial charge in [0, 0.05) is 45.1 Å². The van der Waals surface area contributed by atoms with Gasteiger partial charge in [0.05, 0.1) is 0 Å². The van der Waals surface area contributed by atoms with Crippen LogP contribution in [0.5, 0.6) is 0 Å². The molecule has 3 rings (SSSR count). The molecule has 6 nitrogen and oxygen atoms in total. The van der Waals surface area contributed by atoms with Gasteiger partial charge in [-0.3, -0.25) is 9.59 Å². The molecule has 0 radical (unpaired) electrons. The molecular weight excluding hydrogens is 334 g/mol. The van der Waals surface area contributed by atoms with Gasteiger partial charge in [-0.15, -0.1) is 0 Å². The first-order valence-electron chi connectivity index (χ1n) is 8.33. The van der Waals surface area contributed by atoms with Gasteiger partial charge in [-0.05, 0) is 30.4 Å². The molecule has 1 aromatic rings. The van der Waals surface area contributed by atoms with E-state index in [-0.39, 0.29) is 43.7 Å². The number of carboxylic acid groups (broad SMARTS) is 1. The summed E-state index contributed by atoms with van der Waals surface area (Å²) in [5.41, 5.74) is 0.124. The van der Waals surface area contributed by atoms with E-state index in [1.54, 1.807) is 11.1 Å². The van der Waals surface area contributed by atoms with Crippen LogP contribution in [0.4, 0.5) is 8.78 Å². The zero-order valence-corrected chi connectivity index (χ0v) is 13.9. The van der Waals surface area contributed by atoms with Crippen molar-refractivity contribution in [3.63, 3.8) is 0 Å². The molecular formula is C17H20F2N2O4. The zero-order valence-electron chi connectivity index (χ0n) is 13.9. The zero-order chi connectivity index (χ0) is 18.4. The number of rotatable bonds is 2. The van der Waals surface area contributed by atoms with E-state index in [0.29, 0.717) is 24.1 Å². The second kappa shape index (κ2) is 6.24. The van der Waals surface area contributed by atoms with Crippen molar-refractivity contribution in [2.45, 2.75) is 57.5 Å². The fourth-order valence-corrected chi connectivity index (χ4v) is 3.74. The summed E-state index contributed by atoms with van der Waals surface area (Å²) in [6.07, 6.45) is 1.48. The Kier molecular flexibility index (Phi) is 4.38. The van der Waals surface area contributed by atoms with Gasteiger partial charge in [0.15, 0.2) is 0 Å². The van der Waals surface area contributed by atoms with Crippen LogP contribution in [0.3, 0.4) is 0 Å². The molecule has 1 amide bonds. The van der Waals surface area contributed by atoms with Crippen LogP contribution >= 0.6 is 0 Å². The Morgan fingerprint density at radius 2 is 1.92 bits per heavy atom. The fourth-order valence-electron chi connectivity index (χ4n) is 3.74. The number of halogens is 2. The molecule has 0 saturated heterocycles. The highest BCUT2D eigenvalue weighted by molar-refractivity contribution is 5.89. The van der Waals surface area contributed by atoms with Crippen molar-refractivity contribution in [2.75, 3.05) is 6.54 Å². The Balaban J connectivity index is 2.04. The van der Waals surface area contributed by atoms with Gasteiger partial charge >= 0.3 is 5.97 Å². The van der Waals surface area contributed by atoms with Crippen molar-refractivity contribution in [1.29, 1.82) is 0 Å². The Labute approximate surface area is 143 Å². The molecule has 0 bridgehead atoms. The molecule has 1 aliphatic heterocycles. The predicted octanol–water partition coefficient (Wildman–Crippen LogP) is 2.20. The Bertz CT molecular complexity index is 778. The second-order valence-electron chi connectivity index (χ2n) is 6.80. The second-order valence-corrected chi connectivity index (χ2v) is 6.80. The number of nitrogens with zero attached hydrogens (tertiary/aromatic N) is 2. The molecule has 1 aromatic heterocycles. The number of alkyl halides is 2. The minimum atomic E-state index is -2.73. The minimum Gasteiger partial charge on any atom is -0.477 e. The number of hydrogen-bond acceptors (Lipinski definition) is 3. The summed E-state index contributed by atoms with van der Waals surface area (Å²) in [4.78, 5) is 37.5. The molecule has 8 heteroatoms. The van der Waals surface area contributed by atoms with Crippen molar-refractivity contribution >= 4 is 11.9 Å². The molecule has 1 N–H and O–H groups in total. The van der Waals surface area contributed by atoms with E-state index in [0.717, 1.165) is 0 Å². The Hall–Kier alpha value is -2.25. The van der Waals surface area contributed by atoms with E-state index >= 15 is 0 Å². The molecule has 1 aliphatic carbocycles. The largest absolute Gasteiger partial charge is 0.477 e. The van der Waals surface area contributed by atoms with Crippen LogP contribution in [0.1, 0.15) is 60.1 Å². The summed E-state index contributed by atoms with van der Waals surface area (Å²) in [5, 5.41) is 9.49. The molecule has 0 unspecified atom stereocenters. The van der Waals surface area contributed by atoms with Gasteiger partial charge in [0.25, 0.3) is 5.56 Å². The van der Waals surface area contributed by atoms with Gasteiger partial charge in [-0.1, -0.05) is 0 Å². The third-order valence-corrected chi connectivity index (χ3v) is 5.16. The Morgan fingerprint density at radius 3 is 2.48 bits per heavy atom. The molecule has 1 saturated carbocycles. The highest BCUT2D eigenvalue weighted by Gasteiger charge is 2.37. The molecule has 136 valence electrons. The van der Waals surface area contributed by atoms with Crippen molar-refractivity contribution in [3.05, 3.63) is 33.2 Å². The van der Waals surface area contributed by atoms with Crippen LogP contribution < -0.4 is 5.56 Å². The number of carboxylic acids is 1. The monoisotopic (exact) mass is 354 g/mol. The lowest BCUT2D eigenvalue weighted by atomic mass is 9.90. The van der Waals surface area contributed by atoms with Gasteiger partial charge in [0.1, 0.15) is 5.56 Å². The van der Waals surface area contributed by atoms with E-state index in [4.69, 9.17) is 0 Å². The van der Waals surface area contributed by atoms with E-state index < -0.39 is 23.5 Å². The van der Waals surface area contributed by atoms with Crippen molar-refractivity contribution in [3.8, 4) is 0 Å². The highest BCUT2D eigenvalue weighted by atomic mass is 19.3. The van der Waals surface area contributed by atoms with Crippen molar-refractivity contribution < 1.29 is 23.5 Å². The van der Waals surface area contributed by atoms with Crippen LogP contribution in [-0.2, 0) is 17.8 Å². The number of fused-ring (bicyclic) bond motifs is 1. The molecule has 0 aromatic carbocycles. The Morgan fingerprint density at radius 1 is 1.28 bits per heavy atom. The lowest BCUT2D eigenvalue weighted by Gasteiger charge is -2.33. The summed E-state index contributed by atoms with van der Waals surface area (Å²) >= 11 is 0. The number of carbonyl (C=O) groups is 2. The lowest BCUT2D eigenvalue weighted by molar-refractivity contribution is -0.129. The van der Waals surface area contributed by atoms with Crippen LogP contribution in [-0.4, -0.2) is 38.9 Å². The molecule has 25 heavy (non-hydrogen) atoms. The minimum absolute atomic E-state index is 0.126. The lowest BCUT2D eigenvalue weighted by Crippen LogP contribution is -2.40. The van der Waals surface area contributed by atoms with Crippen LogP contribution in [0.15, 0.2) is 11.0 Å². The first kappa shape index (κ1) is 17.6. The maximum Gasteiger partial charge on any atom is 0.341 e. The average Bonchev–Trinajstić information content (AvgIpc) is 2.53. The van der Waals surface area contributed by atoms with Crippen LogP contribution in [0.25, 0.3) is 0 Å². The van der Waals surface area contributed by atoms with Gasteiger partial charge in [-0.2, -0.15) is 0 Å². The highest BCUT2D eigenvalue weighted by Crippen LogP contribution is 2.38. The van der Waals surface area contributed by atoms with Gasteiger partial charge in [-0.25, -0.2) is 13.6 Å². The van der Waals surface area contributed by atoms with Gasteiger partial charge < -0.3 is 14.6 Å². The van der Waals surface area contributed by atoms with Crippen LogP contribution in [0, 0.1) is 0 Å². The first-order chi connectivity index (χ1) is 11.7. The van der Waals surface area contributed by atoms with E-state index in [1.165, 1.54) is 11.5 Å². The summed E-state index contributed by atoms with van der Waals surface area (Å²) < 4.78 is 28.1. The number of amides is 1. The summed E-state index contributed by atoms with van der Waals surface area (Å²) in [7, 11) is 0. The standard InChI is InChI=1S/C17H20F2N2O4/c1-10(22)20-7-4-13-11(8-20)9-21(15(23)14(13)16(24)25)12-2-5-17(18,19)6-3-12/h9,12H,2-8H2,1H3,(H,24,25). The normalized spacial score (nSPS) is 20.2. The van der Waals surface area contributed by atoms with E-state index in [9.17, 15) is 28.3 Å². The smallest absolute Gasteiger partial charge is 0.341 e. The summed E-state index contributed by atoms with van der Waals surface area (Å²) in [6, 6.07) is -0.441. The maximum atomic E-state index is 13.4. The third-order valence-electron chi connectivity index (χ3n) is 5.16. The van der Waals surface area contributed by atoms with Crippen molar-refractivity contribution in [2.24, 2.45) is 0 Å². The average molecular weight is 354 g/mol. The number of pyridine rings is 1. The van der Waals surface area contributed by atoms with E-state index in [2.05, 4.69) is 0 Å². The predicted molar refractivity (Wildman–Crippen MR) is 84.9 cm³/mol. The summed E-state index contributed by atoms with van der Waals surface area (Å²) in [6.45, 7) is 2.03. The molecule has 0 atom stereocenters. The topological polar surface area (TPSA) is 79.6 Å². The van der Waals surface area contributed by atoms with E-state index in [1.807, 2.05) is 0 Å². The third kappa shape index (κ3) is 3.29. The SMILES string of the molecule is CC(=O)N1CCc2c(cn(C3CCC(F)(F)CC3)c(=O)c2C(=O)O)C1. The molecule has 1 fully saturated rings. The van der Waals surface area contributed by atoms with Gasteiger partial charge in [0.2, 0.25) is 11.8 Å². The van der Waals surface area contributed by atoms with Crippen molar-refractivity contribution in [1.82, 2.24) is 9.47 Å².